The van der Waals surface area contributed by atoms with Crippen LogP contribution in [0.1, 0.15) is 38.3 Å². The zero-order valence-electron chi connectivity index (χ0n) is 16.4. The Morgan fingerprint density at radius 2 is 1.69 bits per heavy atom. The standard InChI is InChI=1S/C21H25Cl3N2O2S/c1-14(2)12-25-29(27,28)18-8-10-21(19-9-5-16(23)11-20(19)24)26(13-18)17-6-3-15(22)4-7-17/h3-7,9,11,14,18,21,25H,8,10,12-13H2,1-2H3/t18-,21+/m1/s1. The molecule has 3 rings (SSSR count). The van der Waals surface area contributed by atoms with E-state index in [1.807, 2.05) is 50.2 Å². The van der Waals surface area contributed by atoms with Crippen molar-refractivity contribution in [2.75, 3.05) is 18.0 Å². The molecule has 2 atom stereocenters. The molecule has 1 saturated heterocycles. The summed E-state index contributed by atoms with van der Waals surface area (Å²) >= 11 is 18.6. The maximum absolute atomic E-state index is 12.9. The van der Waals surface area contributed by atoms with Crippen molar-refractivity contribution in [2.24, 2.45) is 5.92 Å². The Bertz CT molecular complexity index is 949. The van der Waals surface area contributed by atoms with Gasteiger partial charge in [-0.15, -0.1) is 0 Å². The van der Waals surface area contributed by atoms with Crippen LogP contribution >= 0.6 is 34.8 Å². The van der Waals surface area contributed by atoms with E-state index in [1.54, 1.807) is 6.07 Å². The highest BCUT2D eigenvalue weighted by molar-refractivity contribution is 7.90. The molecule has 1 aliphatic heterocycles. The van der Waals surface area contributed by atoms with E-state index in [4.69, 9.17) is 34.8 Å². The van der Waals surface area contributed by atoms with Gasteiger partial charge in [-0.3, -0.25) is 0 Å². The highest BCUT2D eigenvalue weighted by atomic mass is 35.5. The van der Waals surface area contributed by atoms with Crippen molar-refractivity contribution in [3.63, 3.8) is 0 Å². The molecule has 0 spiro atoms. The molecule has 0 radical (unpaired) electrons. The van der Waals surface area contributed by atoms with Gasteiger partial charge in [0.15, 0.2) is 0 Å². The van der Waals surface area contributed by atoms with Gasteiger partial charge < -0.3 is 4.90 Å². The maximum atomic E-state index is 12.9. The lowest BCUT2D eigenvalue weighted by Crippen LogP contribution is -2.48. The monoisotopic (exact) mass is 474 g/mol. The first-order chi connectivity index (χ1) is 13.7. The fourth-order valence-corrected chi connectivity index (χ4v) is 5.87. The molecule has 0 unspecified atom stereocenters. The van der Waals surface area contributed by atoms with Crippen LogP contribution in [-0.2, 0) is 10.0 Å². The van der Waals surface area contributed by atoms with Gasteiger partial charge in [0.1, 0.15) is 0 Å². The number of nitrogens with zero attached hydrogens (tertiary/aromatic N) is 1. The van der Waals surface area contributed by atoms with Crippen LogP contribution in [-0.4, -0.2) is 26.8 Å². The number of hydrogen-bond donors (Lipinski definition) is 1. The van der Waals surface area contributed by atoms with Gasteiger partial charge in [0.25, 0.3) is 0 Å². The van der Waals surface area contributed by atoms with Crippen LogP contribution in [0.2, 0.25) is 15.1 Å². The van der Waals surface area contributed by atoms with Crippen LogP contribution in [0.3, 0.4) is 0 Å². The summed E-state index contributed by atoms with van der Waals surface area (Å²) in [5.41, 5.74) is 1.85. The normalized spacial score (nSPS) is 20.3. The minimum atomic E-state index is -3.42. The fraction of sp³-hybridized carbons (Fsp3) is 0.429. The minimum absolute atomic E-state index is 0.0440. The molecule has 2 aromatic carbocycles. The van der Waals surface area contributed by atoms with Crippen molar-refractivity contribution >= 4 is 50.5 Å². The summed E-state index contributed by atoms with van der Waals surface area (Å²) in [7, 11) is -3.42. The van der Waals surface area contributed by atoms with Crippen LogP contribution in [0, 0.1) is 5.92 Å². The molecule has 0 bridgehead atoms. The van der Waals surface area contributed by atoms with Crippen LogP contribution in [0.5, 0.6) is 0 Å². The first-order valence-electron chi connectivity index (χ1n) is 9.63. The van der Waals surface area contributed by atoms with E-state index in [1.165, 1.54) is 0 Å². The smallest absolute Gasteiger partial charge is 0.216 e. The predicted molar refractivity (Wildman–Crippen MR) is 123 cm³/mol. The second kappa shape index (κ2) is 9.44. The summed E-state index contributed by atoms with van der Waals surface area (Å²) in [6.07, 6.45) is 1.22. The highest BCUT2D eigenvalue weighted by Crippen LogP contribution is 2.40. The molecule has 158 valence electrons. The average Bonchev–Trinajstić information content (AvgIpc) is 2.67. The summed E-state index contributed by atoms with van der Waals surface area (Å²) in [6, 6.07) is 12.9. The van der Waals surface area contributed by atoms with Crippen LogP contribution in [0.15, 0.2) is 42.5 Å². The van der Waals surface area contributed by atoms with Gasteiger partial charge in [-0.05, 0) is 60.7 Å². The number of hydrogen-bond acceptors (Lipinski definition) is 3. The number of rotatable bonds is 6. The summed E-state index contributed by atoms with van der Waals surface area (Å²) in [4.78, 5) is 2.11. The van der Waals surface area contributed by atoms with Gasteiger partial charge >= 0.3 is 0 Å². The number of sulfonamides is 1. The van der Waals surface area contributed by atoms with E-state index in [-0.39, 0.29) is 12.0 Å². The molecular formula is C21H25Cl3N2O2S. The fourth-order valence-electron chi connectivity index (χ4n) is 3.60. The summed E-state index contributed by atoms with van der Waals surface area (Å²) in [5, 5.41) is 1.29. The van der Waals surface area contributed by atoms with Gasteiger partial charge in [-0.25, -0.2) is 13.1 Å². The summed E-state index contributed by atoms with van der Waals surface area (Å²) in [5.74, 6) is 0.251. The first kappa shape index (κ1) is 22.7. The topological polar surface area (TPSA) is 49.4 Å². The van der Waals surface area contributed by atoms with E-state index in [2.05, 4.69) is 9.62 Å². The molecule has 2 aromatic rings. The van der Waals surface area contributed by atoms with E-state index >= 15 is 0 Å². The zero-order chi connectivity index (χ0) is 21.2. The molecular weight excluding hydrogens is 451 g/mol. The molecule has 0 aromatic heterocycles. The van der Waals surface area contributed by atoms with Gasteiger partial charge in [0.2, 0.25) is 10.0 Å². The Morgan fingerprint density at radius 3 is 2.31 bits per heavy atom. The molecule has 0 aliphatic carbocycles. The number of halogens is 3. The Morgan fingerprint density at radius 1 is 1.03 bits per heavy atom. The van der Waals surface area contributed by atoms with Crippen molar-refractivity contribution in [1.29, 1.82) is 0 Å². The predicted octanol–water partition coefficient (Wildman–Crippen LogP) is 5.93. The Hall–Kier alpha value is -0.980. The molecule has 1 fully saturated rings. The molecule has 1 heterocycles. The largest absolute Gasteiger partial charge is 0.363 e. The van der Waals surface area contributed by atoms with Crippen molar-refractivity contribution in [2.45, 2.75) is 38.0 Å². The second-order valence-corrected chi connectivity index (χ2v) is 11.1. The van der Waals surface area contributed by atoms with E-state index in [0.717, 1.165) is 11.3 Å². The Labute approximate surface area is 188 Å². The Kier molecular flexibility index (Phi) is 7.39. The van der Waals surface area contributed by atoms with Gasteiger partial charge in [-0.2, -0.15) is 0 Å². The first-order valence-corrected chi connectivity index (χ1v) is 12.3. The third-order valence-electron chi connectivity index (χ3n) is 5.15. The quantitative estimate of drug-likeness (QED) is 0.563. The lowest BCUT2D eigenvalue weighted by Gasteiger charge is -2.41. The average molecular weight is 476 g/mol. The zero-order valence-corrected chi connectivity index (χ0v) is 19.5. The SMILES string of the molecule is CC(C)CNS(=O)(=O)[C@@H]1CC[C@@H](c2ccc(Cl)cc2Cl)N(c2ccc(Cl)cc2)C1. The molecule has 1 aliphatic rings. The van der Waals surface area contributed by atoms with E-state index in [0.29, 0.717) is 41.0 Å². The molecule has 0 saturated carbocycles. The van der Waals surface area contributed by atoms with Gasteiger partial charge in [0.05, 0.1) is 11.3 Å². The molecule has 4 nitrogen and oxygen atoms in total. The third kappa shape index (κ3) is 5.59. The maximum Gasteiger partial charge on any atom is 0.216 e. The van der Waals surface area contributed by atoms with Crippen molar-refractivity contribution in [1.82, 2.24) is 4.72 Å². The van der Waals surface area contributed by atoms with Crippen LogP contribution in [0.4, 0.5) is 5.69 Å². The molecule has 1 N–H and O–H groups in total. The third-order valence-corrected chi connectivity index (χ3v) is 7.80. The molecule has 0 amide bonds. The lowest BCUT2D eigenvalue weighted by molar-refractivity contribution is 0.456. The number of benzene rings is 2. The number of nitrogens with one attached hydrogen (secondary N) is 1. The van der Waals surface area contributed by atoms with Crippen LogP contribution in [0.25, 0.3) is 0 Å². The van der Waals surface area contributed by atoms with Gasteiger partial charge in [-0.1, -0.05) is 54.7 Å². The number of anilines is 1. The summed E-state index contributed by atoms with van der Waals surface area (Å²) < 4.78 is 28.5. The van der Waals surface area contributed by atoms with Crippen molar-refractivity contribution in [3.05, 3.63) is 63.1 Å². The van der Waals surface area contributed by atoms with Crippen LogP contribution < -0.4 is 9.62 Å². The van der Waals surface area contributed by atoms with E-state index in [9.17, 15) is 8.42 Å². The molecule has 8 heteroatoms. The number of piperidine rings is 1. The Balaban J connectivity index is 1.93. The van der Waals surface area contributed by atoms with E-state index < -0.39 is 15.3 Å². The molecule has 29 heavy (non-hydrogen) atoms. The lowest BCUT2D eigenvalue weighted by atomic mass is 9.94. The van der Waals surface area contributed by atoms with Gasteiger partial charge in [0, 0.05) is 33.8 Å². The second-order valence-electron chi connectivity index (χ2n) is 7.80. The summed E-state index contributed by atoms with van der Waals surface area (Å²) in [6.45, 7) is 4.79. The van der Waals surface area contributed by atoms with Crippen molar-refractivity contribution in [3.8, 4) is 0 Å². The minimum Gasteiger partial charge on any atom is -0.363 e. The highest BCUT2D eigenvalue weighted by Gasteiger charge is 2.37. The van der Waals surface area contributed by atoms with Crippen molar-refractivity contribution < 1.29 is 8.42 Å².